The highest BCUT2D eigenvalue weighted by Crippen LogP contribution is 2.56. The number of nitrogens with zero attached hydrogens (tertiary/aromatic N) is 2. The first-order chi connectivity index (χ1) is 27.8. The maximum absolute atomic E-state index is 6.47. The molecule has 10 aromatic rings. The van der Waals surface area contributed by atoms with Gasteiger partial charge >= 0.3 is 0 Å². The third kappa shape index (κ3) is 4.37. The van der Waals surface area contributed by atoms with Crippen molar-refractivity contribution >= 4 is 60.8 Å². The van der Waals surface area contributed by atoms with Gasteiger partial charge in [0.2, 0.25) is 0 Å². The molecule has 0 atom stereocenters. The molecule has 57 heavy (non-hydrogen) atoms. The maximum Gasteiger partial charge on any atom is 0.135 e. The summed E-state index contributed by atoms with van der Waals surface area (Å²) < 4.78 is 8.93. The fraction of sp³-hybridized carbons (Fsp3) is 0.111. The second-order valence-corrected chi connectivity index (χ2v) is 16.9. The van der Waals surface area contributed by atoms with Gasteiger partial charge in [-0.05, 0) is 117 Å². The predicted octanol–water partition coefficient (Wildman–Crippen LogP) is 14.8. The number of benzene rings is 8. The van der Waals surface area contributed by atoms with Crippen LogP contribution in [0.3, 0.4) is 0 Å². The molecule has 0 amide bonds. The summed E-state index contributed by atoms with van der Waals surface area (Å²) in [5.41, 5.74) is 19.1. The van der Waals surface area contributed by atoms with E-state index in [0.717, 1.165) is 22.2 Å². The average molecular weight is 733 g/mol. The predicted molar refractivity (Wildman–Crippen MR) is 238 cm³/mol. The van der Waals surface area contributed by atoms with E-state index in [-0.39, 0.29) is 10.8 Å². The number of fused-ring (bicyclic) bond motifs is 12. The largest absolute Gasteiger partial charge is 0.456 e. The first-order valence-electron chi connectivity index (χ1n) is 20.0. The molecule has 1 aliphatic heterocycles. The van der Waals surface area contributed by atoms with E-state index in [2.05, 4.69) is 207 Å². The van der Waals surface area contributed by atoms with Crippen molar-refractivity contribution < 1.29 is 4.42 Å². The molecule has 3 nitrogen and oxygen atoms in total. The number of hydrogen-bond donors (Lipinski definition) is 0. The van der Waals surface area contributed by atoms with Crippen molar-refractivity contribution in [1.82, 2.24) is 4.57 Å². The second kappa shape index (κ2) is 11.4. The fourth-order valence-corrected chi connectivity index (χ4v) is 10.4. The van der Waals surface area contributed by atoms with Gasteiger partial charge in [0, 0.05) is 43.7 Å². The van der Waals surface area contributed by atoms with E-state index in [1.807, 2.05) is 0 Å². The van der Waals surface area contributed by atoms with Gasteiger partial charge in [-0.2, -0.15) is 0 Å². The van der Waals surface area contributed by atoms with Crippen molar-refractivity contribution in [3.63, 3.8) is 0 Å². The Balaban J connectivity index is 1.04. The summed E-state index contributed by atoms with van der Waals surface area (Å²) in [6.07, 6.45) is 0. The van der Waals surface area contributed by atoms with Crippen LogP contribution >= 0.6 is 0 Å². The molecule has 2 aliphatic rings. The first kappa shape index (κ1) is 32.4. The zero-order valence-electron chi connectivity index (χ0n) is 32.5. The smallest absolute Gasteiger partial charge is 0.135 e. The quantitative estimate of drug-likeness (QED) is 0.180. The van der Waals surface area contributed by atoms with Crippen LogP contribution in [0, 0.1) is 0 Å². The highest BCUT2D eigenvalue weighted by atomic mass is 16.3. The van der Waals surface area contributed by atoms with Crippen LogP contribution in [0.15, 0.2) is 174 Å². The summed E-state index contributed by atoms with van der Waals surface area (Å²) in [4.78, 5) is 2.44. The Bertz CT molecular complexity index is 3300. The van der Waals surface area contributed by atoms with Crippen molar-refractivity contribution in [2.75, 3.05) is 4.90 Å². The number of aromatic nitrogens is 1. The van der Waals surface area contributed by atoms with Gasteiger partial charge < -0.3 is 13.9 Å². The molecule has 0 unspecified atom stereocenters. The van der Waals surface area contributed by atoms with Crippen LogP contribution in [0.1, 0.15) is 49.9 Å². The molecule has 0 N–H and O–H groups in total. The van der Waals surface area contributed by atoms with E-state index < -0.39 is 0 Å². The van der Waals surface area contributed by atoms with Gasteiger partial charge in [-0.3, -0.25) is 0 Å². The molecular weight excluding hydrogens is 693 g/mol. The number of hydrogen-bond acceptors (Lipinski definition) is 2. The van der Waals surface area contributed by atoms with Gasteiger partial charge in [0.15, 0.2) is 0 Å². The van der Waals surface area contributed by atoms with Crippen molar-refractivity contribution in [2.45, 2.75) is 38.5 Å². The molecule has 2 aromatic heterocycles. The van der Waals surface area contributed by atoms with Crippen LogP contribution in [-0.4, -0.2) is 4.57 Å². The number of anilines is 3. The average Bonchev–Trinajstić information content (AvgIpc) is 3.86. The number of rotatable bonds is 3. The Morgan fingerprint density at radius 1 is 0.421 bits per heavy atom. The Labute approximate surface area is 332 Å². The third-order valence-electron chi connectivity index (χ3n) is 13.1. The highest BCUT2D eigenvalue weighted by molar-refractivity contribution is 6.12. The normalized spacial score (nSPS) is 14.9. The molecule has 8 aromatic carbocycles. The lowest BCUT2D eigenvalue weighted by molar-refractivity contribution is 0.634. The van der Waals surface area contributed by atoms with Gasteiger partial charge in [-0.15, -0.1) is 0 Å². The van der Waals surface area contributed by atoms with Crippen LogP contribution in [0.2, 0.25) is 0 Å². The number of para-hydroxylation sites is 3. The van der Waals surface area contributed by atoms with E-state index in [0.29, 0.717) is 0 Å². The standard InChI is InChI=1S/C54H40N2O/c1-53(2)42-19-11-8-16-37(42)38-25-24-36(32-43(38)53)56-45-20-12-9-17-39(45)41-30-33(22-26-46(41)56)34-23-27-47-44(31-34)54(3,4)52-48(55(47)35-14-6-5-7-15-35)28-29-50-51(52)40-18-10-13-21-49(40)57-50/h5-32H,1-4H3. The molecule has 0 saturated carbocycles. The van der Waals surface area contributed by atoms with Gasteiger partial charge in [-0.1, -0.05) is 125 Å². The second-order valence-electron chi connectivity index (χ2n) is 16.9. The van der Waals surface area contributed by atoms with Crippen molar-refractivity contribution in [3.8, 4) is 27.9 Å². The fourth-order valence-electron chi connectivity index (χ4n) is 10.4. The molecule has 3 heteroatoms. The molecule has 12 rings (SSSR count). The number of furan rings is 1. The van der Waals surface area contributed by atoms with E-state index in [9.17, 15) is 0 Å². The molecule has 0 fully saturated rings. The Hall–Kier alpha value is -6.84. The van der Waals surface area contributed by atoms with Gasteiger partial charge in [0.1, 0.15) is 11.2 Å². The topological polar surface area (TPSA) is 21.3 Å². The summed E-state index contributed by atoms with van der Waals surface area (Å²) in [5.74, 6) is 0. The summed E-state index contributed by atoms with van der Waals surface area (Å²) >= 11 is 0. The van der Waals surface area contributed by atoms with E-state index in [1.54, 1.807) is 0 Å². The van der Waals surface area contributed by atoms with Gasteiger partial charge in [-0.25, -0.2) is 0 Å². The van der Waals surface area contributed by atoms with Crippen LogP contribution < -0.4 is 4.90 Å². The van der Waals surface area contributed by atoms with Crippen LogP contribution in [0.5, 0.6) is 0 Å². The minimum atomic E-state index is -0.320. The molecule has 272 valence electrons. The molecule has 0 bridgehead atoms. The van der Waals surface area contributed by atoms with Crippen molar-refractivity contribution in [1.29, 1.82) is 0 Å². The molecule has 0 spiro atoms. The zero-order chi connectivity index (χ0) is 38.2. The first-order valence-corrected chi connectivity index (χ1v) is 20.0. The Morgan fingerprint density at radius 2 is 1.11 bits per heavy atom. The van der Waals surface area contributed by atoms with Gasteiger partial charge in [0.25, 0.3) is 0 Å². The van der Waals surface area contributed by atoms with Crippen molar-refractivity contribution in [2.24, 2.45) is 0 Å². The Kier molecular flexibility index (Phi) is 6.46. The van der Waals surface area contributed by atoms with E-state index in [1.165, 1.54) is 88.8 Å². The SMILES string of the molecule is CC1(C)c2ccccc2-c2ccc(-n3c4ccccc4c4cc(-c5ccc6c(c5)C(C)(C)c5c(ccc7oc8ccccc8c57)N6c5ccccc5)ccc43)cc21. The van der Waals surface area contributed by atoms with E-state index in [4.69, 9.17) is 4.42 Å². The summed E-state index contributed by atoms with van der Waals surface area (Å²) in [6, 6.07) is 62.5. The molecule has 0 saturated heterocycles. The summed E-state index contributed by atoms with van der Waals surface area (Å²) in [5, 5.41) is 4.86. The summed E-state index contributed by atoms with van der Waals surface area (Å²) in [7, 11) is 0. The van der Waals surface area contributed by atoms with Crippen LogP contribution in [0.25, 0.3) is 71.7 Å². The molecular formula is C54H40N2O. The zero-order valence-corrected chi connectivity index (χ0v) is 32.5. The lowest BCUT2D eigenvalue weighted by Gasteiger charge is -2.42. The minimum absolute atomic E-state index is 0.0683. The summed E-state index contributed by atoms with van der Waals surface area (Å²) in [6.45, 7) is 9.48. The van der Waals surface area contributed by atoms with Gasteiger partial charge in [0.05, 0.1) is 22.4 Å². The Morgan fingerprint density at radius 3 is 1.98 bits per heavy atom. The third-order valence-corrected chi connectivity index (χ3v) is 13.1. The molecule has 0 radical (unpaired) electrons. The maximum atomic E-state index is 6.47. The monoisotopic (exact) mass is 732 g/mol. The minimum Gasteiger partial charge on any atom is -0.456 e. The molecule has 3 heterocycles. The van der Waals surface area contributed by atoms with Crippen molar-refractivity contribution in [3.05, 3.63) is 192 Å². The lowest BCUT2D eigenvalue weighted by Crippen LogP contribution is -2.31. The molecule has 1 aliphatic carbocycles. The highest BCUT2D eigenvalue weighted by Gasteiger charge is 2.40. The van der Waals surface area contributed by atoms with Crippen LogP contribution in [-0.2, 0) is 10.8 Å². The van der Waals surface area contributed by atoms with Crippen LogP contribution in [0.4, 0.5) is 17.1 Å². The van der Waals surface area contributed by atoms with E-state index >= 15 is 0 Å². The lowest BCUT2D eigenvalue weighted by atomic mass is 9.71.